The predicted octanol–water partition coefficient (Wildman–Crippen LogP) is 12.9. The van der Waals surface area contributed by atoms with Gasteiger partial charge >= 0.3 is 0 Å². The quantitative estimate of drug-likeness (QED) is 0.176. The molecule has 0 amide bonds. The largest absolute Gasteiger partial charge is 0.455 e. The molecule has 0 spiro atoms. The maximum Gasteiger partial charge on any atom is 0.164 e. The number of para-hydroxylation sites is 1. The number of hydrogen-bond donors (Lipinski definition) is 0. The highest BCUT2D eigenvalue weighted by molar-refractivity contribution is 6.22. The Balaban J connectivity index is 1.04. The standard InChI is InChI=1S/C49H31N3O/c1-4-13-34(14-5-1)39-20-12-21-41-42(31-43-40-19-10-11-22-44(40)53-46(43)45(39)41)35-27-23-32(24-28-35)33-25-29-38(30-26-33)49-51-47(36-15-6-2-7-16-36)50-48(52-49)37-17-8-3-9-18-37/h1-31H. The molecule has 0 unspecified atom stereocenters. The van der Waals surface area contributed by atoms with Crippen LogP contribution in [0.25, 0.3) is 100 Å². The van der Waals surface area contributed by atoms with Crippen LogP contribution in [-0.2, 0) is 0 Å². The lowest BCUT2D eigenvalue weighted by Crippen LogP contribution is -2.00. The lowest BCUT2D eigenvalue weighted by Gasteiger charge is -2.13. The lowest BCUT2D eigenvalue weighted by atomic mass is 9.90. The molecule has 0 radical (unpaired) electrons. The SMILES string of the molecule is c1ccc(-c2nc(-c3ccccc3)nc(-c3ccc(-c4ccc(-c5cc6c7ccccc7oc6c6c(-c7ccccc7)cccc56)cc4)cc3)n2)cc1. The normalized spacial score (nSPS) is 11.4. The fourth-order valence-corrected chi connectivity index (χ4v) is 7.33. The number of fused-ring (bicyclic) bond motifs is 5. The van der Waals surface area contributed by atoms with Gasteiger partial charge in [0.1, 0.15) is 11.2 Å². The molecule has 0 saturated heterocycles. The van der Waals surface area contributed by atoms with Crippen molar-refractivity contribution in [3.63, 3.8) is 0 Å². The third-order valence-electron chi connectivity index (χ3n) is 9.96. The number of nitrogens with zero attached hydrogens (tertiary/aromatic N) is 3. The molecule has 248 valence electrons. The highest BCUT2D eigenvalue weighted by Gasteiger charge is 2.18. The zero-order valence-corrected chi connectivity index (χ0v) is 28.6. The average molecular weight is 678 g/mol. The zero-order valence-electron chi connectivity index (χ0n) is 28.6. The van der Waals surface area contributed by atoms with Gasteiger partial charge in [-0.3, -0.25) is 0 Å². The molecular weight excluding hydrogens is 647 g/mol. The van der Waals surface area contributed by atoms with E-state index in [1.807, 2.05) is 66.7 Å². The van der Waals surface area contributed by atoms with Crippen LogP contribution < -0.4 is 0 Å². The molecule has 0 aliphatic heterocycles. The van der Waals surface area contributed by atoms with Gasteiger partial charge in [-0.15, -0.1) is 0 Å². The molecule has 10 rings (SSSR count). The molecule has 8 aromatic carbocycles. The average Bonchev–Trinajstić information content (AvgIpc) is 3.63. The van der Waals surface area contributed by atoms with Crippen molar-refractivity contribution in [2.45, 2.75) is 0 Å². The third-order valence-corrected chi connectivity index (χ3v) is 9.96. The van der Waals surface area contributed by atoms with E-state index >= 15 is 0 Å². The van der Waals surface area contributed by atoms with Gasteiger partial charge in [-0.05, 0) is 50.9 Å². The van der Waals surface area contributed by atoms with Gasteiger partial charge in [0.2, 0.25) is 0 Å². The Morgan fingerprint density at radius 3 is 1.32 bits per heavy atom. The minimum atomic E-state index is 0.642. The monoisotopic (exact) mass is 677 g/mol. The third kappa shape index (κ3) is 5.54. The van der Waals surface area contributed by atoms with Crippen LogP contribution in [0.2, 0.25) is 0 Å². The Hall–Kier alpha value is -7.17. The molecule has 4 nitrogen and oxygen atoms in total. The summed E-state index contributed by atoms with van der Waals surface area (Å²) in [6, 6.07) is 65.2. The molecule has 0 saturated carbocycles. The number of benzene rings is 8. The van der Waals surface area contributed by atoms with Crippen LogP contribution in [0, 0.1) is 0 Å². The maximum absolute atomic E-state index is 6.58. The number of aromatic nitrogens is 3. The molecule has 0 aliphatic carbocycles. The van der Waals surface area contributed by atoms with Crippen LogP contribution in [0.15, 0.2) is 192 Å². The van der Waals surface area contributed by atoms with E-state index in [9.17, 15) is 0 Å². The van der Waals surface area contributed by atoms with Crippen LogP contribution in [0.1, 0.15) is 0 Å². The van der Waals surface area contributed by atoms with E-state index in [1.54, 1.807) is 0 Å². The van der Waals surface area contributed by atoms with Crippen molar-refractivity contribution >= 4 is 32.7 Å². The minimum Gasteiger partial charge on any atom is -0.455 e. The number of hydrogen-bond acceptors (Lipinski definition) is 4. The van der Waals surface area contributed by atoms with E-state index in [-0.39, 0.29) is 0 Å². The fraction of sp³-hybridized carbons (Fsp3) is 0. The molecule has 0 bridgehead atoms. The van der Waals surface area contributed by atoms with Gasteiger partial charge in [-0.25, -0.2) is 15.0 Å². The van der Waals surface area contributed by atoms with Gasteiger partial charge in [0.15, 0.2) is 17.5 Å². The highest BCUT2D eigenvalue weighted by atomic mass is 16.3. The number of furan rings is 1. The van der Waals surface area contributed by atoms with Crippen molar-refractivity contribution in [1.82, 2.24) is 15.0 Å². The van der Waals surface area contributed by atoms with Gasteiger partial charge in [0, 0.05) is 32.8 Å². The van der Waals surface area contributed by atoms with Crippen molar-refractivity contribution < 1.29 is 4.42 Å². The Bertz CT molecular complexity index is 2840. The summed E-state index contributed by atoms with van der Waals surface area (Å²) in [5, 5.41) is 4.54. The van der Waals surface area contributed by atoms with Gasteiger partial charge in [0.05, 0.1) is 0 Å². The summed E-state index contributed by atoms with van der Waals surface area (Å²) in [6.45, 7) is 0. The topological polar surface area (TPSA) is 51.8 Å². The van der Waals surface area contributed by atoms with Gasteiger partial charge < -0.3 is 4.42 Å². The number of rotatable bonds is 6. The van der Waals surface area contributed by atoms with Crippen LogP contribution in [0.5, 0.6) is 0 Å². The van der Waals surface area contributed by atoms with Crippen LogP contribution in [0.4, 0.5) is 0 Å². The molecule has 10 aromatic rings. The lowest BCUT2D eigenvalue weighted by molar-refractivity contribution is 0.673. The fourth-order valence-electron chi connectivity index (χ4n) is 7.33. The van der Waals surface area contributed by atoms with E-state index in [4.69, 9.17) is 19.4 Å². The van der Waals surface area contributed by atoms with Gasteiger partial charge in [-0.1, -0.05) is 176 Å². The smallest absolute Gasteiger partial charge is 0.164 e. The Labute approximate surface area is 306 Å². The molecule has 0 fully saturated rings. The first-order valence-corrected chi connectivity index (χ1v) is 17.8. The van der Waals surface area contributed by atoms with Crippen LogP contribution in [-0.4, -0.2) is 15.0 Å². The Morgan fingerprint density at radius 1 is 0.302 bits per heavy atom. The molecule has 2 aromatic heterocycles. The van der Waals surface area contributed by atoms with Crippen LogP contribution >= 0.6 is 0 Å². The molecule has 53 heavy (non-hydrogen) atoms. The van der Waals surface area contributed by atoms with E-state index in [2.05, 4.69) is 121 Å². The van der Waals surface area contributed by atoms with Crippen molar-refractivity contribution in [3.8, 4) is 67.5 Å². The molecule has 0 aliphatic rings. The first kappa shape index (κ1) is 30.6. The van der Waals surface area contributed by atoms with Gasteiger partial charge in [0.25, 0.3) is 0 Å². The second kappa shape index (κ2) is 12.9. The van der Waals surface area contributed by atoms with Crippen molar-refractivity contribution in [2.24, 2.45) is 0 Å². The molecular formula is C49H31N3O. The first-order chi connectivity index (χ1) is 26.3. The summed E-state index contributed by atoms with van der Waals surface area (Å²) in [7, 11) is 0. The van der Waals surface area contributed by atoms with Gasteiger partial charge in [-0.2, -0.15) is 0 Å². The summed E-state index contributed by atoms with van der Waals surface area (Å²) in [5.41, 5.74) is 11.6. The summed E-state index contributed by atoms with van der Waals surface area (Å²) < 4.78 is 6.58. The summed E-state index contributed by atoms with van der Waals surface area (Å²) in [4.78, 5) is 14.6. The Kier molecular flexibility index (Phi) is 7.43. The zero-order chi connectivity index (χ0) is 35.1. The van der Waals surface area contributed by atoms with Crippen molar-refractivity contribution in [2.75, 3.05) is 0 Å². The van der Waals surface area contributed by atoms with E-state index in [1.165, 1.54) is 11.1 Å². The molecule has 2 heterocycles. The summed E-state index contributed by atoms with van der Waals surface area (Å²) >= 11 is 0. The highest BCUT2D eigenvalue weighted by Crippen LogP contribution is 2.43. The van der Waals surface area contributed by atoms with E-state index in [0.29, 0.717) is 17.5 Å². The Morgan fingerprint density at radius 2 is 0.736 bits per heavy atom. The summed E-state index contributed by atoms with van der Waals surface area (Å²) in [6.07, 6.45) is 0. The minimum absolute atomic E-state index is 0.642. The summed E-state index contributed by atoms with van der Waals surface area (Å²) in [5.74, 6) is 1.95. The van der Waals surface area contributed by atoms with E-state index in [0.717, 1.165) is 71.7 Å². The van der Waals surface area contributed by atoms with Crippen LogP contribution in [0.3, 0.4) is 0 Å². The second-order valence-electron chi connectivity index (χ2n) is 13.2. The predicted molar refractivity (Wildman–Crippen MR) is 217 cm³/mol. The van der Waals surface area contributed by atoms with E-state index < -0.39 is 0 Å². The first-order valence-electron chi connectivity index (χ1n) is 17.8. The van der Waals surface area contributed by atoms with Crippen molar-refractivity contribution in [1.29, 1.82) is 0 Å². The maximum atomic E-state index is 6.58. The molecule has 0 atom stereocenters. The molecule has 0 N–H and O–H groups in total. The van der Waals surface area contributed by atoms with Crippen molar-refractivity contribution in [3.05, 3.63) is 188 Å². The second-order valence-corrected chi connectivity index (χ2v) is 13.2. The molecule has 4 heteroatoms.